The predicted molar refractivity (Wildman–Crippen MR) is 39.0 cm³/mol. The Kier molecular flexibility index (Phi) is 5.56. The fourth-order valence-electron chi connectivity index (χ4n) is 0.384. The van der Waals surface area contributed by atoms with E-state index in [0.717, 1.165) is 12.8 Å². The van der Waals surface area contributed by atoms with Gasteiger partial charge in [-0.15, -0.1) is 5.92 Å². The Bertz CT molecular complexity index is 150. The maximum Gasteiger partial charge on any atom is 0.317 e. The van der Waals surface area contributed by atoms with Crippen LogP contribution in [0.15, 0.2) is 0 Å². The summed E-state index contributed by atoms with van der Waals surface area (Å²) in [5.74, 6) is 5.18. The van der Waals surface area contributed by atoms with E-state index in [9.17, 15) is 4.79 Å². The average Bonchev–Trinajstić information content (AvgIpc) is 1.98. The first kappa shape index (κ1) is 9.03. The Morgan fingerprint density at radius 2 is 2.30 bits per heavy atom. The van der Waals surface area contributed by atoms with Crippen molar-refractivity contribution in [3.63, 3.8) is 0 Å². The Morgan fingerprint density at radius 3 is 2.80 bits per heavy atom. The third-order valence-corrected chi connectivity index (χ3v) is 0.887. The van der Waals surface area contributed by atoms with Crippen molar-refractivity contribution in [1.82, 2.24) is 0 Å². The van der Waals surface area contributed by atoms with Crippen molar-refractivity contribution >= 4 is 5.97 Å². The van der Waals surface area contributed by atoms with Gasteiger partial charge < -0.3 is 4.74 Å². The molecule has 55 valence electrons. The van der Waals surface area contributed by atoms with Gasteiger partial charge in [0.1, 0.15) is 6.42 Å². The molecule has 2 nitrogen and oxygen atoms in total. The zero-order chi connectivity index (χ0) is 7.82. The summed E-state index contributed by atoms with van der Waals surface area (Å²) in [5.41, 5.74) is 0. The molecule has 2 heteroatoms. The minimum absolute atomic E-state index is 0.191. The summed E-state index contributed by atoms with van der Waals surface area (Å²) in [7, 11) is 1.35. The van der Waals surface area contributed by atoms with Crippen LogP contribution < -0.4 is 0 Å². The fraction of sp³-hybridized carbons (Fsp3) is 0.500. The van der Waals surface area contributed by atoms with Gasteiger partial charge >= 0.3 is 5.97 Å². The molecule has 0 spiro atoms. The highest BCUT2D eigenvalue weighted by molar-refractivity contribution is 5.72. The molecule has 0 unspecified atom stereocenters. The topological polar surface area (TPSA) is 26.3 Å². The van der Waals surface area contributed by atoms with E-state index in [-0.39, 0.29) is 12.4 Å². The molecule has 0 saturated heterocycles. The summed E-state index contributed by atoms with van der Waals surface area (Å²) in [6, 6.07) is 0. The van der Waals surface area contributed by atoms with Crippen LogP contribution in [0.3, 0.4) is 0 Å². The van der Waals surface area contributed by atoms with Crippen molar-refractivity contribution in [2.75, 3.05) is 7.11 Å². The lowest BCUT2D eigenvalue weighted by Gasteiger charge is -1.88. The first-order valence-electron chi connectivity index (χ1n) is 3.13. The first-order chi connectivity index (χ1) is 4.81. The number of esters is 1. The zero-order valence-corrected chi connectivity index (χ0v) is 6.14. The number of unbranched alkanes of at least 4 members (excludes halogenated alkanes) is 1. The largest absolute Gasteiger partial charge is 0.468 e. The lowest BCUT2D eigenvalue weighted by Crippen LogP contribution is -1.96. The van der Waals surface area contributed by atoms with Crippen molar-refractivity contribution in [1.29, 1.82) is 0 Å². The zero-order valence-electron chi connectivity index (χ0n) is 6.14. The van der Waals surface area contributed by atoms with Crippen LogP contribution in [0, 0.1) is 18.8 Å². The van der Waals surface area contributed by atoms with Crippen molar-refractivity contribution in [3.05, 3.63) is 6.92 Å². The van der Waals surface area contributed by atoms with Crippen LogP contribution in [0.2, 0.25) is 0 Å². The molecule has 0 heterocycles. The minimum atomic E-state index is -0.281. The van der Waals surface area contributed by atoms with Gasteiger partial charge in [-0.2, -0.15) is 0 Å². The molecule has 0 aliphatic heterocycles. The fourth-order valence-corrected chi connectivity index (χ4v) is 0.384. The molecule has 0 bridgehead atoms. The SMILES string of the molecule is [CH2]CCC#CCC(=O)OC. The van der Waals surface area contributed by atoms with Crippen molar-refractivity contribution in [2.24, 2.45) is 0 Å². The number of hydrogen-bond donors (Lipinski definition) is 0. The van der Waals surface area contributed by atoms with Gasteiger partial charge in [-0.1, -0.05) is 12.8 Å². The molecule has 0 aromatic rings. The van der Waals surface area contributed by atoms with Crippen LogP contribution in [0.4, 0.5) is 0 Å². The Morgan fingerprint density at radius 1 is 1.60 bits per heavy atom. The van der Waals surface area contributed by atoms with Crippen LogP contribution in [-0.2, 0) is 9.53 Å². The minimum Gasteiger partial charge on any atom is -0.468 e. The maximum atomic E-state index is 10.4. The van der Waals surface area contributed by atoms with E-state index in [1.807, 2.05) is 0 Å². The molecule has 0 rings (SSSR count). The second kappa shape index (κ2) is 6.15. The number of carbonyl (C=O) groups excluding carboxylic acids is 1. The molecule has 0 aromatic heterocycles. The second-order valence-electron chi connectivity index (χ2n) is 1.71. The summed E-state index contributed by atoms with van der Waals surface area (Å²) in [4.78, 5) is 10.4. The lowest BCUT2D eigenvalue weighted by molar-refractivity contribution is -0.139. The quantitative estimate of drug-likeness (QED) is 0.424. The van der Waals surface area contributed by atoms with E-state index in [2.05, 4.69) is 23.5 Å². The van der Waals surface area contributed by atoms with Gasteiger partial charge in [-0.05, 0) is 6.42 Å². The summed E-state index contributed by atoms with van der Waals surface area (Å²) in [6.07, 6.45) is 1.72. The van der Waals surface area contributed by atoms with E-state index in [0.29, 0.717) is 0 Å². The Labute approximate surface area is 61.6 Å². The molecule has 0 amide bonds. The van der Waals surface area contributed by atoms with Gasteiger partial charge in [0.25, 0.3) is 0 Å². The van der Waals surface area contributed by atoms with Crippen LogP contribution >= 0.6 is 0 Å². The van der Waals surface area contributed by atoms with Crippen LogP contribution in [0.25, 0.3) is 0 Å². The molecule has 0 aliphatic carbocycles. The van der Waals surface area contributed by atoms with Crippen molar-refractivity contribution < 1.29 is 9.53 Å². The monoisotopic (exact) mass is 139 g/mol. The van der Waals surface area contributed by atoms with Crippen LogP contribution in [0.5, 0.6) is 0 Å². The third kappa shape index (κ3) is 5.17. The van der Waals surface area contributed by atoms with Gasteiger partial charge in [0, 0.05) is 6.42 Å². The molecule has 0 aromatic carbocycles. The Hall–Kier alpha value is -0.970. The van der Waals surface area contributed by atoms with Gasteiger partial charge in [-0.3, -0.25) is 4.79 Å². The Balaban J connectivity index is 3.36. The number of rotatable bonds is 2. The highest BCUT2D eigenvalue weighted by atomic mass is 16.5. The maximum absolute atomic E-state index is 10.4. The smallest absolute Gasteiger partial charge is 0.317 e. The van der Waals surface area contributed by atoms with E-state index in [1.165, 1.54) is 7.11 Å². The van der Waals surface area contributed by atoms with E-state index >= 15 is 0 Å². The van der Waals surface area contributed by atoms with Crippen molar-refractivity contribution in [3.8, 4) is 11.8 Å². The molecule has 0 saturated carbocycles. The summed E-state index contributed by atoms with van der Waals surface area (Å²) in [5, 5.41) is 0. The van der Waals surface area contributed by atoms with Gasteiger partial charge in [0.2, 0.25) is 0 Å². The van der Waals surface area contributed by atoms with Gasteiger partial charge in [0.05, 0.1) is 7.11 Å². The number of carbonyl (C=O) groups is 1. The normalized spacial score (nSPS) is 7.80. The summed E-state index contributed by atoms with van der Waals surface area (Å²) >= 11 is 0. The van der Waals surface area contributed by atoms with E-state index in [4.69, 9.17) is 0 Å². The van der Waals surface area contributed by atoms with Crippen LogP contribution in [-0.4, -0.2) is 13.1 Å². The first-order valence-corrected chi connectivity index (χ1v) is 3.13. The third-order valence-electron chi connectivity index (χ3n) is 0.887. The summed E-state index contributed by atoms with van der Waals surface area (Å²) < 4.78 is 4.37. The molecule has 10 heavy (non-hydrogen) atoms. The molecule has 1 radical (unpaired) electrons. The number of ether oxygens (including phenoxy) is 1. The van der Waals surface area contributed by atoms with Crippen LogP contribution in [0.1, 0.15) is 19.3 Å². The predicted octanol–water partition coefficient (Wildman–Crippen LogP) is 1.17. The molecule has 0 fully saturated rings. The van der Waals surface area contributed by atoms with Gasteiger partial charge in [0.15, 0.2) is 0 Å². The van der Waals surface area contributed by atoms with E-state index < -0.39 is 0 Å². The molecular formula is C8H11O2. The van der Waals surface area contributed by atoms with E-state index in [1.54, 1.807) is 0 Å². The van der Waals surface area contributed by atoms with Crippen molar-refractivity contribution in [2.45, 2.75) is 19.3 Å². The standard InChI is InChI=1S/C8H11O2/c1-3-4-5-6-7-8(9)10-2/h1,3-4,7H2,2H3. The second-order valence-corrected chi connectivity index (χ2v) is 1.71. The molecule has 0 aliphatic rings. The molecule has 0 N–H and O–H groups in total. The van der Waals surface area contributed by atoms with Gasteiger partial charge in [-0.25, -0.2) is 0 Å². The highest BCUT2D eigenvalue weighted by Crippen LogP contribution is 1.84. The number of methoxy groups -OCH3 is 1. The number of hydrogen-bond acceptors (Lipinski definition) is 2. The lowest BCUT2D eigenvalue weighted by atomic mass is 10.3. The average molecular weight is 139 g/mol. The highest BCUT2D eigenvalue weighted by Gasteiger charge is 1.91. The molecular weight excluding hydrogens is 128 g/mol. The summed E-state index contributed by atoms with van der Waals surface area (Å²) in [6.45, 7) is 3.60. The molecule has 0 atom stereocenters.